The van der Waals surface area contributed by atoms with Crippen LogP contribution in [0.15, 0.2) is 156 Å². The molecule has 0 radical (unpaired) electrons. The Labute approximate surface area is 293 Å². The normalized spacial score (nSPS) is 14.7. The number of fused-ring (bicyclic) bond motifs is 10. The molecule has 0 amide bonds. The zero-order chi connectivity index (χ0) is 33.8. The Kier molecular flexibility index (Phi) is 6.01. The molecule has 0 N–H and O–H groups in total. The van der Waals surface area contributed by atoms with E-state index in [-0.39, 0.29) is 10.8 Å². The van der Waals surface area contributed by atoms with Crippen molar-refractivity contribution < 1.29 is 4.42 Å². The van der Waals surface area contributed by atoms with Gasteiger partial charge in [-0.3, -0.25) is 0 Å². The first kappa shape index (κ1) is 29.1. The summed E-state index contributed by atoms with van der Waals surface area (Å²) >= 11 is 0. The van der Waals surface area contributed by atoms with Crippen LogP contribution in [0.25, 0.3) is 55.3 Å². The van der Waals surface area contributed by atoms with Gasteiger partial charge in [0.15, 0.2) is 0 Å². The van der Waals surface area contributed by atoms with Gasteiger partial charge in [0.2, 0.25) is 0 Å². The molecule has 2 heteroatoms. The first-order chi connectivity index (χ1) is 24.3. The number of benzene rings is 7. The molecule has 0 atom stereocenters. The highest BCUT2D eigenvalue weighted by molar-refractivity contribution is 6.20. The monoisotopic (exact) mass is 643 g/mol. The Morgan fingerprint density at radius 2 is 1.02 bits per heavy atom. The second kappa shape index (κ2) is 10.3. The summed E-state index contributed by atoms with van der Waals surface area (Å²) in [4.78, 5) is 2.44. The first-order valence-electron chi connectivity index (χ1n) is 17.6. The molecule has 2 nitrogen and oxygen atoms in total. The van der Waals surface area contributed by atoms with Crippen molar-refractivity contribution in [1.29, 1.82) is 0 Å². The highest BCUT2D eigenvalue weighted by Crippen LogP contribution is 2.55. The Morgan fingerprint density at radius 3 is 1.80 bits per heavy atom. The minimum atomic E-state index is -0.116. The number of anilines is 3. The van der Waals surface area contributed by atoms with Crippen molar-refractivity contribution in [3.8, 4) is 33.4 Å². The van der Waals surface area contributed by atoms with Crippen molar-refractivity contribution in [3.05, 3.63) is 174 Å². The molecular weight excluding hydrogens is 607 g/mol. The second-order valence-corrected chi connectivity index (χ2v) is 14.9. The average Bonchev–Trinajstić information content (AvgIpc) is 3.73. The fourth-order valence-corrected chi connectivity index (χ4v) is 8.96. The molecule has 7 aromatic carbocycles. The molecule has 2 aliphatic carbocycles. The molecule has 0 aliphatic heterocycles. The van der Waals surface area contributed by atoms with Gasteiger partial charge in [0.05, 0.1) is 11.1 Å². The van der Waals surface area contributed by atoms with E-state index in [0.29, 0.717) is 0 Å². The maximum absolute atomic E-state index is 6.72. The van der Waals surface area contributed by atoms with Crippen LogP contribution in [0.3, 0.4) is 0 Å². The van der Waals surface area contributed by atoms with E-state index in [1.165, 1.54) is 61.0 Å². The summed E-state index contributed by atoms with van der Waals surface area (Å²) in [5.41, 5.74) is 18.0. The molecule has 240 valence electrons. The number of hydrogen-bond donors (Lipinski definition) is 0. The zero-order valence-corrected chi connectivity index (χ0v) is 28.8. The Balaban J connectivity index is 1.25. The average molecular weight is 644 g/mol. The summed E-state index contributed by atoms with van der Waals surface area (Å²) in [5, 5.41) is 2.33. The molecule has 2 aliphatic rings. The van der Waals surface area contributed by atoms with E-state index in [9.17, 15) is 0 Å². The van der Waals surface area contributed by atoms with E-state index < -0.39 is 0 Å². The molecule has 0 bridgehead atoms. The molecule has 8 aromatic rings. The molecule has 0 saturated heterocycles. The molecule has 0 unspecified atom stereocenters. The second-order valence-electron chi connectivity index (χ2n) is 14.9. The van der Waals surface area contributed by atoms with Crippen LogP contribution >= 0.6 is 0 Å². The molecule has 10 rings (SSSR count). The van der Waals surface area contributed by atoms with Gasteiger partial charge < -0.3 is 9.32 Å². The summed E-state index contributed by atoms with van der Waals surface area (Å²) < 4.78 is 6.72. The predicted octanol–water partition coefficient (Wildman–Crippen LogP) is 13.3. The third-order valence-electron chi connectivity index (χ3n) is 11.5. The van der Waals surface area contributed by atoms with Crippen molar-refractivity contribution in [1.82, 2.24) is 0 Å². The molecule has 0 fully saturated rings. The maximum Gasteiger partial charge on any atom is 0.137 e. The van der Waals surface area contributed by atoms with Crippen LogP contribution < -0.4 is 4.90 Å². The molecule has 0 saturated carbocycles. The Morgan fingerprint density at radius 1 is 0.420 bits per heavy atom. The summed E-state index contributed by atoms with van der Waals surface area (Å²) in [6.45, 7) is 9.40. The lowest BCUT2D eigenvalue weighted by Gasteiger charge is -2.29. The van der Waals surface area contributed by atoms with Crippen molar-refractivity contribution in [2.45, 2.75) is 38.5 Å². The maximum atomic E-state index is 6.72. The van der Waals surface area contributed by atoms with Gasteiger partial charge in [0.25, 0.3) is 0 Å². The standard InChI is InChI=1S/C48H37NO/c1-47(2)38-18-11-9-16-36(38)44-39(47)27-28-43-46(44)45-41(19-12-20-42(45)50-43)49(32-23-21-31(22-24-32)30-13-6-5-7-14-30)33-25-26-35-34-15-8-10-17-37(34)48(3,4)40(35)29-33/h5-29H,1-4H3. The van der Waals surface area contributed by atoms with Crippen LogP contribution in [0.5, 0.6) is 0 Å². The highest BCUT2D eigenvalue weighted by Gasteiger charge is 2.38. The summed E-state index contributed by atoms with van der Waals surface area (Å²) in [7, 11) is 0. The van der Waals surface area contributed by atoms with Crippen molar-refractivity contribution in [2.75, 3.05) is 4.90 Å². The Bertz CT molecular complexity index is 2640. The lowest BCUT2D eigenvalue weighted by atomic mass is 9.82. The van der Waals surface area contributed by atoms with Crippen LogP contribution in [0.4, 0.5) is 17.1 Å². The first-order valence-corrected chi connectivity index (χ1v) is 17.6. The van der Waals surface area contributed by atoms with Gasteiger partial charge in [-0.1, -0.05) is 137 Å². The van der Waals surface area contributed by atoms with E-state index in [4.69, 9.17) is 4.42 Å². The van der Waals surface area contributed by atoms with Gasteiger partial charge in [-0.25, -0.2) is 0 Å². The zero-order valence-electron chi connectivity index (χ0n) is 28.8. The predicted molar refractivity (Wildman–Crippen MR) is 209 cm³/mol. The van der Waals surface area contributed by atoms with E-state index in [1.54, 1.807) is 0 Å². The SMILES string of the molecule is CC1(C)c2ccccc2-c2ccc(N(c3ccc(-c4ccccc4)cc3)c3cccc4oc5ccc6c(c5c34)-c3ccccc3C6(C)C)cc21. The third-order valence-corrected chi connectivity index (χ3v) is 11.5. The molecule has 1 aromatic heterocycles. The molecule has 1 heterocycles. The van der Waals surface area contributed by atoms with E-state index >= 15 is 0 Å². The van der Waals surface area contributed by atoms with Crippen molar-refractivity contribution in [3.63, 3.8) is 0 Å². The number of hydrogen-bond acceptors (Lipinski definition) is 2. The summed E-state index contributed by atoms with van der Waals surface area (Å²) in [6, 6.07) is 55.4. The van der Waals surface area contributed by atoms with Crippen LogP contribution in [-0.2, 0) is 10.8 Å². The lowest BCUT2D eigenvalue weighted by Crippen LogP contribution is -2.16. The highest BCUT2D eigenvalue weighted by atomic mass is 16.3. The van der Waals surface area contributed by atoms with Crippen LogP contribution in [0.1, 0.15) is 49.9 Å². The molecular formula is C48H37NO. The third kappa shape index (κ3) is 3.96. The van der Waals surface area contributed by atoms with Gasteiger partial charge in [0.1, 0.15) is 11.2 Å². The summed E-state index contributed by atoms with van der Waals surface area (Å²) in [5.74, 6) is 0. The molecule has 50 heavy (non-hydrogen) atoms. The van der Waals surface area contributed by atoms with E-state index in [0.717, 1.165) is 33.6 Å². The summed E-state index contributed by atoms with van der Waals surface area (Å²) in [6.07, 6.45) is 0. The van der Waals surface area contributed by atoms with Gasteiger partial charge in [-0.2, -0.15) is 0 Å². The fourth-order valence-electron chi connectivity index (χ4n) is 8.96. The quantitative estimate of drug-likeness (QED) is 0.190. The van der Waals surface area contributed by atoms with Gasteiger partial charge in [0, 0.05) is 27.6 Å². The molecule has 0 spiro atoms. The topological polar surface area (TPSA) is 16.4 Å². The van der Waals surface area contributed by atoms with Gasteiger partial charge in [-0.15, -0.1) is 0 Å². The largest absolute Gasteiger partial charge is 0.456 e. The number of furan rings is 1. The fraction of sp³-hybridized carbons (Fsp3) is 0.125. The van der Waals surface area contributed by atoms with Crippen LogP contribution in [0, 0.1) is 0 Å². The van der Waals surface area contributed by atoms with Crippen LogP contribution in [-0.4, -0.2) is 0 Å². The van der Waals surface area contributed by atoms with E-state index in [2.05, 4.69) is 184 Å². The van der Waals surface area contributed by atoms with Crippen molar-refractivity contribution >= 4 is 39.0 Å². The lowest BCUT2D eigenvalue weighted by molar-refractivity contribution is 0.656. The van der Waals surface area contributed by atoms with Crippen molar-refractivity contribution in [2.24, 2.45) is 0 Å². The number of nitrogens with zero attached hydrogens (tertiary/aromatic N) is 1. The smallest absolute Gasteiger partial charge is 0.137 e. The number of rotatable bonds is 4. The van der Waals surface area contributed by atoms with E-state index in [1.807, 2.05) is 0 Å². The Hall–Kier alpha value is -5.86. The minimum Gasteiger partial charge on any atom is -0.456 e. The van der Waals surface area contributed by atoms with Gasteiger partial charge in [-0.05, 0) is 98.1 Å². The minimum absolute atomic E-state index is 0.105. The van der Waals surface area contributed by atoms with Gasteiger partial charge >= 0.3 is 0 Å². The van der Waals surface area contributed by atoms with Crippen LogP contribution in [0.2, 0.25) is 0 Å².